The van der Waals surface area contributed by atoms with E-state index in [1.807, 2.05) is 0 Å². The number of nitrogens with one attached hydrogen (secondary N) is 3. The Labute approximate surface area is 178 Å². The topological polar surface area (TPSA) is 96.5 Å². The third kappa shape index (κ3) is 7.95. The molecule has 0 unspecified atom stereocenters. The molecule has 2 rings (SSSR count). The summed E-state index contributed by atoms with van der Waals surface area (Å²) in [5, 5.41) is 8.07. The molecule has 0 saturated heterocycles. The number of carbonyl (C=O) groups excluding carboxylic acids is 3. The summed E-state index contributed by atoms with van der Waals surface area (Å²) in [4.78, 5) is 36.2. The van der Waals surface area contributed by atoms with Crippen molar-refractivity contribution in [3.63, 3.8) is 0 Å². The van der Waals surface area contributed by atoms with Crippen molar-refractivity contribution in [1.29, 1.82) is 0 Å². The fourth-order valence-corrected chi connectivity index (χ4v) is 2.57. The summed E-state index contributed by atoms with van der Waals surface area (Å²) in [5.74, 6) is -0.586. The Hall–Kier alpha value is -2.87. The number of ether oxygens (including phenoxy) is 1. The molecule has 0 aromatic heterocycles. The average molecular weight is 462 g/mol. The molecule has 0 radical (unpaired) electrons. The highest BCUT2D eigenvalue weighted by Crippen LogP contribution is 2.22. The van der Waals surface area contributed by atoms with Crippen molar-refractivity contribution < 1.29 is 19.1 Å². The zero-order valence-corrected chi connectivity index (χ0v) is 18.1. The summed E-state index contributed by atoms with van der Waals surface area (Å²) in [6.45, 7) is 5.42. The van der Waals surface area contributed by atoms with Crippen LogP contribution >= 0.6 is 15.9 Å². The summed E-state index contributed by atoms with van der Waals surface area (Å²) in [5.41, 5.74) is 0.850. The normalized spacial score (nSPS) is 10.8. The summed E-state index contributed by atoms with van der Waals surface area (Å²) in [6, 6.07) is 13.9. The van der Waals surface area contributed by atoms with Crippen LogP contribution in [-0.4, -0.2) is 30.1 Å². The van der Waals surface area contributed by atoms with Gasteiger partial charge >= 0.3 is 6.09 Å². The van der Waals surface area contributed by atoms with Gasteiger partial charge in [-0.05, 0) is 57.2 Å². The van der Waals surface area contributed by atoms with Crippen LogP contribution in [-0.2, 0) is 9.53 Å². The molecule has 0 fully saturated rings. The second kappa shape index (κ2) is 10.1. The minimum Gasteiger partial charge on any atom is -0.444 e. The van der Waals surface area contributed by atoms with Gasteiger partial charge in [0.15, 0.2) is 0 Å². The van der Waals surface area contributed by atoms with Crippen LogP contribution in [0.5, 0.6) is 0 Å². The van der Waals surface area contributed by atoms with E-state index in [-0.39, 0.29) is 24.8 Å². The zero-order valence-electron chi connectivity index (χ0n) is 16.5. The number of carbonyl (C=O) groups is 3. The quantitative estimate of drug-likeness (QED) is 0.587. The van der Waals surface area contributed by atoms with E-state index < -0.39 is 11.7 Å². The van der Waals surface area contributed by atoms with Crippen molar-refractivity contribution in [2.75, 3.05) is 17.2 Å². The molecule has 0 atom stereocenters. The standard InChI is InChI=1S/C21H24BrN3O4/c1-21(2,3)29-20(28)23-13-12-18(26)24-16-6-4-5-7-17(16)25-19(27)14-8-10-15(22)11-9-14/h4-11H,12-13H2,1-3H3,(H,23,28)(H,24,26)(H,25,27). The van der Waals surface area contributed by atoms with Crippen LogP contribution in [0.2, 0.25) is 0 Å². The fraction of sp³-hybridized carbons (Fsp3) is 0.286. The molecule has 0 aliphatic rings. The predicted octanol–water partition coefficient (Wildman–Crippen LogP) is 4.55. The van der Waals surface area contributed by atoms with Crippen LogP contribution in [0.1, 0.15) is 37.6 Å². The molecule has 29 heavy (non-hydrogen) atoms. The van der Waals surface area contributed by atoms with Gasteiger partial charge in [0.05, 0.1) is 11.4 Å². The fourth-order valence-electron chi connectivity index (χ4n) is 2.30. The van der Waals surface area contributed by atoms with Crippen LogP contribution in [0, 0.1) is 0 Å². The lowest BCUT2D eigenvalue weighted by atomic mass is 10.2. The first-order valence-corrected chi connectivity index (χ1v) is 9.86. The summed E-state index contributed by atoms with van der Waals surface area (Å²) >= 11 is 3.33. The third-order valence-electron chi connectivity index (χ3n) is 3.58. The first-order valence-electron chi connectivity index (χ1n) is 9.07. The Kier molecular flexibility index (Phi) is 7.78. The highest BCUT2D eigenvalue weighted by atomic mass is 79.9. The highest BCUT2D eigenvalue weighted by molar-refractivity contribution is 9.10. The first kappa shape index (κ1) is 22.4. The van der Waals surface area contributed by atoms with Gasteiger partial charge < -0.3 is 20.7 Å². The maximum Gasteiger partial charge on any atom is 0.407 e. The van der Waals surface area contributed by atoms with Gasteiger partial charge in [-0.3, -0.25) is 9.59 Å². The SMILES string of the molecule is CC(C)(C)OC(=O)NCCC(=O)Nc1ccccc1NC(=O)c1ccc(Br)cc1. The molecule has 0 aliphatic heterocycles. The number of benzene rings is 2. The molecule has 3 N–H and O–H groups in total. The van der Waals surface area contributed by atoms with Crippen molar-refractivity contribution in [3.8, 4) is 0 Å². The van der Waals surface area contributed by atoms with Gasteiger partial charge in [-0.25, -0.2) is 4.79 Å². The smallest absolute Gasteiger partial charge is 0.407 e. The molecule has 0 heterocycles. The molecule has 7 nitrogen and oxygen atoms in total. The Morgan fingerprint density at radius 1 is 0.931 bits per heavy atom. The summed E-state index contributed by atoms with van der Waals surface area (Å²) in [6.07, 6.45) is -0.513. The molecular weight excluding hydrogens is 438 g/mol. The monoisotopic (exact) mass is 461 g/mol. The van der Waals surface area contributed by atoms with E-state index in [1.165, 1.54) is 0 Å². The van der Waals surface area contributed by atoms with Gasteiger partial charge in [-0.2, -0.15) is 0 Å². The van der Waals surface area contributed by atoms with Crippen molar-refractivity contribution in [2.24, 2.45) is 0 Å². The molecule has 3 amide bonds. The largest absolute Gasteiger partial charge is 0.444 e. The maximum atomic E-state index is 12.4. The number of amides is 3. The molecule has 0 saturated carbocycles. The molecule has 0 spiro atoms. The first-order chi connectivity index (χ1) is 13.6. The number of hydrogen-bond donors (Lipinski definition) is 3. The minimum absolute atomic E-state index is 0.0637. The molecule has 0 aliphatic carbocycles. The van der Waals surface area contributed by atoms with Gasteiger partial charge in [0.1, 0.15) is 5.60 Å². The molecule has 0 bridgehead atoms. The van der Waals surface area contributed by atoms with E-state index in [1.54, 1.807) is 69.3 Å². The van der Waals surface area contributed by atoms with Gasteiger partial charge in [0.25, 0.3) is 5.91 Å². The maximum absolute atomic E-state index is 12.4. The zero-order chi connectivity index (χ0) is 21.4. The molecular formula is C21H24BrN3O4. The number of para-hydroxylation sites is 2. The molecule has 8 heteroatoms. The van der Waals surface area contributed by atoms with Gasteiger partial charge in [0, 0.05) is 23.0 Å². The molecule has 2 aromatic carbocycles. The number of alkyl carbamates (subject to hydrolysis) is 1. The lowest BCUT2D eigenvalue weighted by Crippen LogP contribution is -2.34. The third-order valence-corrected chi connectivity index (χ3v) is 4.10. The average Bonchev–Trinajstić information content (AvgIpc) is 2.62. The van der Waals surface area contributed by atoms with Crippen LogP contribution < -0.4 is 16.0 Å². The van der Waals surface area contributed by atoms with Gasteiger partial charge in [0.2, 0.25) is 5.91 Å². The number of rotatable bonds is 6. The van der Waals surface area contributed by atoms with Gasteiger partial charge in [-0.1, -0.05) is 28.1 Å². The van der Waals surface area contributed by atoms with E-state index >= 15 is 0 Å². The van der Waals surface area contributed by atoms with E-state index in [0.717, 1.165) is 4.47 Å². The minimum atomic E-state index is -0.599. The molecule has 154 valence electrons. The number of halogens is 1. The van der Waals surface area contributed by atoms with E-state index in [9.17, 15) is 14.4 Å². The van der Waals surface area contributed by atoms with Crippen LogP contribution in [0.15, 0.2) is 53.0 Å². The second-order valence-corrected chi connectivity index (χ2v) is 8.15. The Bertz CT molecular complexity index is 876. The van der Waals surface area contributed by atoms with Crippen molar-refractivity contribution in [3.05, 3.63) is 58.6 Å². The van der Waals surface area contributed by atoms with Crippen LogP contribution in [0.3, 0.4) is 0 Å². The van der Waals surface area contributed by atoms with Crippen LogP contribution in [0.25, 0.3) is 0 Å². The van der Waals surface area contributed by atoms with E-state index in [2.05, 4.69) is 31.9 Å². The van der Waals surface area contributed by atoms with Crippen LogP contribution in [0.4, 0.5) is 16.2 Å². The number of hydrogen-bond acceptors (Lipinski definition) is 4. The highest BCUT2D eigenvalue weighted by Gasteiger charge is 2.16. The Morgan fingerprint density at radius 2 is 1.52 bits per heavy atom. The van der Waals surface area contributed by atoms with Gasteiger partial charge in [-0.15, -0.1) is 0 Å². The lowest BCUT2D eigenvalue weighted by Gasteiger charge is -2.19. The summed E-state index contributed by atoms with van der Waals surface area (Å²) in [7, 11) is 0. The molecule has 2 aromatic rings. The number of anilines is 2. The van der Waals surface area contributed by atoms with Crippen molar-refractivity contribution in [1.82, 2.24) is 5.32 Å². The predicted molar refractivity (Wildman–Crippen MR) is 116 cm³/mol. The van der Waals surface area contributed by atoms with E-state index in [0.29, 0.717) is 16.9 Å². The second-order valence-electron chi connectivity index (χ2n) is 7.23. The Morgan fingerprint density at radius 3 is 2.10 bits per heavy atom. The van der Waals surface area contributed by atoms with Crippen molar-refractivity contribution in [2.45, 2.75) is 32.8 Å². The van der Waals surface area contributed by atoms with E-state index in [4.69, 9.17) is 4.74 Å². The van der Waals surface area contributed by atoms with Crippen molar-refractivity contribution >= 4 is 45.2 Å². The lowest BCUT2D eigenvalue weighted by molar-refractivity contribution is -0.116. The Balaban J connectivity index is 1.91. The summed E-state index contributed by atoms with van der Waals surface area (Å²) < 4.78 is 5.99.